The standard InChI is InChI=1S/C27H23ClN6O3/c1-37-22-10-8-17(9-11-22)16-34-26-24(15-29-34)32-23(14-25(35)33-26)18-4-2-6-20(12-18)30-27(36)31-21-7-3-5-19(28)13-21/h2-13,15H,14,16H2,1H3,(H,33,35)(H2,30,31,36). The predicted molar refractivity (Wildman–Crippen MR) is 144 cm³/mol. The minimum Gasteiger partial charge on any atom is -0.497 e. The van der Waals surface area contributed by atoms with Crippen LogP contribution in [0, 0.1) is 0 Å². The number of methoxy groups -OCH3 is 1. The van der Waals surface area contributed by atoms with Crippen LogP contribution in [0.1, 0.15) is 17.5 Å². The van der Waals surface area contributed by atoms with E-state index < -0.39 is 6.03 Å². The Balaban J connectivity index is 1.35. The fraction of sp³-hybridized carbons (Fsp3) is 0.111. The van der Waals surface area contributed by atoms with Crippen molar-refractivity contribution in [2.45, 2.75) is 13.0 Å². The van der Waals surface area contributed by atoms with E-state index in [1.807, 2.05) is 30.3 Å². The molecule has 3 aromatic carbocycles. The van der Waals surface area contributed by atoms with Crippen molar-refractivity contribution in [2.24, 2.45) is 4.99 Å². The molecule has 3 N–H and O–H groups in total. The van der Waals surface area contributed by atoms with Crippen molar-refractivity contribution in [3.63, 3.8) is 0 Å². The molecule has 1 aliphatic heterocycles. The number of amides is 3. The van der Waals surface area contributed by atoms with E-state index in [-0.39, 0.29) is 12.3 Å². The first-order valence-electron chi connectivity index (χ1n) is 11.5. The van der Waals surface area contributed by atoms with Gasteiger partial charge < -0.3 is 20.7 Å². The van der Waals surface area contributed by atoms with E-state index >= 15 is 0 Å². The molecule has 0 atom stereocenters. The summed E-state index contributed by atoms with van der Waals surface area (Å²) in [5.41, 5.74) is 3.98. The van der Waals surface area contributed by atoms with E-state index in [1.54, 1.807) is 60.5 Å². The second-order valence-corrected chi connectivity index (χ2v) is 8.77. The number of halogens is 1. The fourth-order valence-electron chi connectivity index (χ4n) is 3.93. The van der Waals surface area contributed by atoms with Crippen molar-refractivity contribution in [1.82, 2.24) is 9.78 Å². The molecule has 186 valence electrons. The number of carbonyl (C=O) groups is 2. The maximum Gasteiger partial charge on any atom is 0.323 e. The number of carbonyl (C=O) groups excluding carboxylic acids is 2. The van der Waals surface area contributed by atoms with Gasteiger partial charge >= 0.3 is 6.03 Å². The van der Waals surface area contributed by atoms with Gasteiger partial charge in [-0.1, -0.05) is 41.9 Å². The molecule has 1 aliphatic rings. The van der Waals surface area contributed by atoms with Gasteiger partial charge in [0.1, 0.15) is 11.4 Å². The molecule has 9 nitrogen and oxygen atoms in total. The first kappa shape index (κ1) is 24.1. The number of hydrogen-bond donors (Lipinski definition) is 3. The Morgan fingerprint density at radius 3 is 2.51 bits per heavy atom. The number of fused-ring (bicyclic) bond motifs is 1. The molecule has 3 amide bonds. The van der Waals surface area contributed by atoms with Crippen LogP contribution < -0.4 is 20.7 Å². The van der Waals surface area contributed by atoms with Crippen molar-refractivity contribution in [3.05, 3.63) is 95.1 Å². The Hall–Kier alpha value is -4.63. The SMILES string of the molecule is COc1ccc(Cn2ncc3c2NC(=O)CC(c2cccc(NC(=O)Nc4cccc(Cl)c4)c2)=N3)cc1. The van der Waals surface area contributed by atoms with E-state index in [9.17, 15) is 9.59 Å². The van der Waals surface area contributed by atoms with Gasteiger partial charge in [0.15, 0.2) is 5.82 Å². The van der Waals surface area contributed by atoms with Gasteiger partial charge in [0.05, 0.1) is 32.0 Å². The van der Waals surface area contributed by atoms with Gasteiger partial charge in [0.25, 0.3) is 0 Å². The highest BCUT2D eigenvalue weighted by Gasteiger charge is 2.21. The molecule has 0 spiro atoms. The lowest BCUT2D eigenvalue weighted by Gasteiger charge is -2.10. The van der Waals surface area contributed by atoms with E-state index in [1.165, 1.54) is 0 Å². The number of benzene rings is 3. The van der Waals surface area contributed by atoms with Gasteiger partial charge in [-0.15, -0.1) is 0 Å². The summed E-state index contributed by atoms with van der Waals surface area (Å²) in [6, 6.07) is 21.3. The Morgan fingerprint density at radius 1 is 1.05 bits per heavy atom. The number of anilines is 3. The van der Waals surface area contributed by atoms with Crippen LogP contribution in [0.25, 0.3) is 0 Å². The molecule has 10 heteroatoms. The van der Waals surface area contributed by atoms with Crippen molar-refractivity contribution >= 4 is 52.1 Å². The number of rotatable bonds is 6. The predicted octanol–water partition coefficient (Wildman–Crippen LogP) is 5.70. The first-order chi connectivity index (χ1) is 18.0. The van der Waals surface area contributed by atoms with Gasteiger partial charge in [-0.3, -0.25) is 4.79 Å². The molecule has 0 aliphatic carbocycles. The number of aromatic nitrogens is 2. The zero-order chi connectivity index (χ0) is 25.8. The van der Waals surface area contributed by atoms with Crippen molar-refractivity contribution < 1.29 is 14.3 Å². The molecule has 2 heterocycles. The molecule has 0 bridgehead atoms. The minimum atomic E-state index is -0.415. The van der Waals surface area contributed by atoms with Gasteiger partial charge in [0, 0.05) is 16.4 Å². The van der Waals surface area contributed by atoms with E-state index in [0.717, 1.165) is 11.3 Å². The summed E-state index contributed by atoms with van der Waals surface area (Å²) in [5.74, 6) is 1.10. The van der Waals surface area contributed by atoms with Crippen LogP contribution in [-0.4, -0.2) is 34.5 Å². The Kier molecular flexibility index (Phi) is 6.87. The van der Waals surface area contributed by atoms with Crippen LogP contribution in [0.15, 0.2) is 84.0 Å². The summed E-state index contributed by atoms with van der Waals surface area (Å²) < 4.78 is 6.92. The Bertz CT molecular complexity index is 1500. The largest absolute Gasteiger partial charge is 0.497 e. The normalized spacial score (nSPS) is 12.6. The van der Waals surface area contributed by atoms with Gasteiger partial charge in [0.2, 0.25) is 5.91 Å². The lowest BCUT2D eigenvalue weighted by Crippen LogP contribution is -2.20. The lowest BCUT2D eigenvalue weighted by atomic mass is 10.1. The highest BCUT2D eigenvalue weighted by atomic mass is 35.5. The molecule has 5 rings (SSSR count). The van der Waals surface area contributed by atoms with Crippen molar-refractivity contribution in [2.75, 3.05) is 23.1 Å². The molecule has 0 saturated heterocycles. The smallest absolute Gasteiger partial charge is 0.323 e. The van der Waals surface area contributed by atoms with E-state index in [0.29, 0.717) is 45.7 Å². The second kappa shape index (κ2) is 10.5. The summed E-state index contributed by atoms with van der Waals surface area (Å²) in [4.78, 5) is 30.0. The van der Waals surface area contributed by atoms with Gasteiger partial charge in [-0.25, -0.2) is 14.5 Å². The number of urea groups is 1. The van der Waals surface area contributed by atoms with Crippen molar-refractivity contribution in [1.29, 1.82) is 0 Å². The third-order valence-electron chi connectivity index (χ3n) is 5.69. The number of nitrogens with zero attached hydrogens (tertiary/aromatic N) is 3. The quantitative estimate of drug-likeness (QED) is 0.306. The average Bonchev–Trinajstić information content (AvgIpc) is 3.15. The number of aliphatic imine (C=N–C) groups is 1. The maximum atomic E-state index is 12.8. The molecule has 1 aromatic heterocycles. The molecule has 0 fully saturated rings. The van der Waals surface area contributed by atoms with E-state index in [4.69, 9.17) is 21.3 Å². The maximum absolute atomic E-state index is 12.8. The molecular formula is C27H23ClN6O3. The van der Waals surface area contributed by atoms with Crippen LogP contribution >= 0.6 is 11.6 Å². The summed E-state index contributed by atoms with van der Waals surface area (Å²) in [6.45, 7) is 0.464. The van der Waals surface area contributed by atoms with E-state index in [2.05, 4.69) is 21.0 Å². The van der Waals surface area contributed by atoms with Crippen LogP contribution in [0.4, 0.5) is 27.7 Å². The summed E-state index contributed by atoms with van der Waals surface area (Å²) >= 11 is 5.98. The first-order valence-corrected chi connectivity index (χ1v) is 11.8. The molecule has 0 radical (unpaired) electrons. The minimum absolute atomic E-state index is 0.0788. The van der Waals surface area contributed by atoms with Crippen LogP contribution in [0.5, 0.6) is 5.75 Å². The third kappa shape index (κ3) is 5.79. The fourth-order valence-corrected chi connectivity index (χ4v) is 4.12. The van der Waals surface area contributed by atoms with Crippen LogP contribution in [0.2, 0.25) is 5.02 Å². The lowest BCUT2D eigenvalue weighted by molar-refractivity contribution is -0.115. The molecule has 0 unspecified atom stereocenters. The Morgan fingerprint density at radius 2 is 1.78 bits per heavy atom. The zero-order valence-corrected chi connectivity index (χ0v) is 20.6. The monoisotopic (exact) mass is 514 g/mol. The molecule has 4 aromatic rings. The number of hydrogen-bond acceptors (Lipinski definition) is 5. The molecular weight excluding hydrogens is 492 g/mol. The highest BCUT2D eigenvalue weighted by Crippen LogP contribution is 2.30. The second-order valence-electron chi connectivity index (χ2n) is 8.34. The molecule has 37 heavy (non-hydrogen) atoms. The number of ether oxygens (including phenoxy) is 1. The molecule has 0 saturated carbocycles. The van der Waals surface area contributed by atoms with Gasteiger partial charge in [-0.05, 0) is 53.6 Å². The van der Waals surface area contributed by atoms with Gasteiger partial charge in [-0.2, -0.15) is 5.10 Å². The van der Waals surface area contributed by atoms with Crippen molar-refractivity contribution in [3.8, 4) is 5.75 Å². The van der Waals surface area contributed by atoms with Crippen LogP contribution in [0.3, 0.4) is 0 Å². The summed E-state index contributed by atoms with van der Waals surface area (Å²) in [5, 5.41) is 13.4. The highest BCUT2D eigenvalue weighted by molar-refractivity contribution is 6.31. The summed E-state index contributed by atoms with van der Waals surface area (Å²) in [6.07, 6.45) is 1.71. The third-order valence-corrected chi connectivity index (χ3v) is 5.92. The summed E-state index contributed by atoms with van der Waals surface area (Å²) in [7, 11) is 1.62. The van der Waals surface area contributed by atoms with Crippen LogP contribution in [-0.2, 0) is 11.3 Å². The average molecular weight is 515 g/mol. The zero-order valence-electron chi connectivity index (χ0n) is 19.9. The Labute approximate surface area is 218 Å². The number of nitrogens with one attached hydrogen (secondary N) is 3. The topological polar surface area (TPSA) is 110 Å².